The molecular formula is C16H21FN4O3S. The normalized spacial score (nSPS) is 17.4. The van der Waals surface area contributed by atoms with Crippen LogP contribution in [0.2, 0.25) is 0 Å². The van der Waals surface area contributed by atoms with Crippen molar-refractivity contribution in [3.63, 3.8) is 0 Å². The largest absolute Gasteiger partial charge is 0.355 e. The van der Waals surface area contributed by atoms with Crippen LogP contribution in [-0.4, -0.2) is 67.2 Å². The molecule has 1 aliphatic heterocycles. The molecule has 0 atom stereocenters. The number of hydrogen-bond donors (Lipinski definition) is 1. The number of nitrogens with one attached hydrogen (secondary N) is 1. The first kappa shape index (κ1) is 18.0. The molecule has 0 amide bonds. The number of aromatic nitrogens is 1. The van der Waals surface area contributed by atoms with E-state index in [1.807, 2.05) is 4.90 Å². The molecule has 9 heteroatoms. The van der Waals surface area contributed by atoms with E-state index in [2.05, 4.69) is 4.98 Å². The maximum Gasteiger partial charge on any atom is 0.281 e. The van der Waals surface area contributed by atoms with E-state index in [9.17, 15) is 17.6 Å². The van der Waals surface area contributed by atoms with Crippen molar-refractivity contribution in [1.29, 1.82) is 0 Å². The number of pyridine rings is 1. The fourth-order valence-corrected chi connectivity index (χ4v) is 4.05. The molecular weight excluding hydrogens is 347 g/mol. The molecule has 0 unspecified atom stereocenters. The minimum atomic E-state index is -3.40. The third-order valence-electron chi connectivity index (χ3n) is 4.38. The molecule has 1 saturated heterocycles. The monoisotopic (exact) mass is 368 g/mol. The molecule has 0 radical (unpaired) electrons. The second-order valence-electron chi connectivity index (χ2n) is 6.29. The van der Waals surface area contributed by atoms with Gasteiger partial charge in [0, 0.05) is 64.0 Å². The van der Waals surface area contributed by atoms with Gasteiger partial charge in [-0.15, -0.1) is 0 Å². The van der Waals surface area contributed by atoms with Crippen LogP contribution < -0.4 is 5.43 Å². The second kappa shape index (κ2) is 6.83. The zero-order chi connectivity index (χ0) is 18.2. The van der Waals surface area contributed by atoms with Gasteiger partial charge in [-0.3, -0.25) is 9.69 Å². The summed E-state index contributed by atoms with van der Waals surface area (Å²) in [5.74, 6) is -0.460. The molecule has 2 aromatic rings. The van der Waals surface area contributed by atoms with E-state index in [1.54, 1.807) is 6.07 Å². The highest BCUT2D eigenvalue weighted by molar-refractivity contribution is 7.86. The van der Waals surface area contributed by atoms with Gasteiger partial charge in [-0.25, -0.2) is 4.39 Å². The topological polar surface area (TPSA) is 76.7 Å². The van der Waals surface area contributed by atoms with Gasteiger partial charge in [0.15, 0.2) is 5.43 Å². The number of nitrogens with zero attached hydrogens (tertiary/aromatic N) is 3. The smallest absolute Gasteiger partial charge is 0.281 e. The highest BCUT2D eigenvalue weighted by atomic mass is 32.2. The lowest BCUT2D eigenvalue weighted by Gasteiger charge is -2.35. The van der Waals surface area contributed by atoms with Gasteiger partial charge in [-0.2, -0.15) is 17.0 Å². The number of aromatic amines is 1. The van der Waals surface area contributed by atoms with Gasteiger partial charge in [0.25, 0.3) is 10.2 Å². The van der Waals surface area contributed by atoms with Gasteiger partial charge in [0.05, 0.1) is 5.52 Å². The van der Waals surface area contributed by atoms with Crippen molar-refractivity contribution in [2.45, 2.75) is 6.54 Å². The van der Waals surface area contributed by atoms with Crippen LogP contribution in [0.25, 0.3) is 10.9 Å². The zero-order valence-electron chi connectivity index (χ0n) is 14.2. The molecule has 1 aromatic heterocycles. The number of piperazine rings is 1. The number of hydrogen-bond acceptors (Lipinski definition) is 4. The Hall–Kier alpha value is -1.81. The molecule has 1 N–H and O–H groups in total. The Morgan fingerprint density at radius 3 is 2.52 bits per heavy atom. The maximum atomic E-state index is 13.9. The Morgan fingerprint density at radius 2 is 1.88 bits per heavy atom. The zero-order valence-corrected chi connectivity index (χ0v) is 15.0. The van der Waals surface area contributed by atoms with Gasteiger partial charge < -0.3 is 4.98 Å². The molecule has 0 bridgehead atoms. The van der Waals surface area contributed by atoms with E-state index < -0.39 is 16.0 Å². The summed E-state index contributed by atoms with van der Waals surface area (Å²) in [5, 5.41) is 0.325. The predicted molar refractivity (Wildman–Crippen MR) is 94.0 cm³/mol. The lowest BCUT2D eigenvalue weighted by molar-refractivity contribution is 0.176. The molecule has 25 heavy (non-hydrogen) atoms. The molecule has 3 rings (SSSR count). The Labute approximate surface area is 145 Å². The standard InChI is InChI=1S/C16H21FN4O3S/c1-19(2)25(23,24)21-8-6-20(7-9-21)11-12-10-15(22)13-4-3-5-14(17)16(13)18-12/h3-5,10H,6-9,11H2,1-2H3,(H,18,22). The van der Waals surface area contributed by atoms with Crippen molar-refractivity contribution in [1.82, 2.24) is 18.5 Å². The summed E-state index contributed by atoms with van der Waals surface area (Å²) in [4.78, 5) is 17.2. The van der Waals surface area contributed by atoms with Crippen LogP contribution in [0.3, 0.4) is 0 Å². The van der Waals surface area contributed by atoms with E-state index in [0.29, 0.717) is 43.8 Å². The van der Waals surface area contributed by atoms with Crippen LogP contribution in [-0.2, 0) is 16.8 Å². The quantitative estimate of drug-likeness (QED) is 0.857. The number of halogens is 1. The maximum absolute atomic E-state index is 13.9. The van der Waals surface area contributed by atoms with E-state index in [-0.39, 0.29) is 10.9 Å². The van der Waals surface area contributed by atoms with E-state index in [0.717, 1.165) is 0 Å². The van der Waals surface area contributed by atoms with Crippen LogP contribution in [0.5, 0.6) is 0 Å². The van der Waals surface area contributed by atoms with E-state index >= 15 is 0 Å². The number of para-hydroxylation sites is 1. The molecule has 0 spiro atoms. The van der Waals surface area contributed by atoms with Gasteiger partial charge in [0.2, 0.25) is 0 Å². The third kappa shape index (κ3) is 3.59. The summed E-state index contributed by atoms with van der Waals surface area (Å²) in [7, 11) is -0.385. The van der Waals surface area contributed by atoms with Crippen LogP contribution in [0.15, 0.2) is 29.1 Å². The fraction of sp³-hybridized carbons (Fsp3) is 0.438. The second-order valence-corrected chi connectivity index (χ2v) is 8.43. The predicted octanol–water partition coefficient (Wildman–Crippen LogP) is 0.591. The average molecular weight is 368 g/mol. The van der Waals surface area contributed by atoms with Gasteiger partial charge in [0.1, 0.15) is 5.82 Å². The third-order valence-corrected chi connectivity index (χ3v) is 6.32. The van der Waals surface area contributed by atoms with Crippen molar-refractivity contribution in [2.75, 3.05) is 40.3 Å². The number of rotatable bonds is 4. The summed E-state index contributed by atoms with van der Waals surface area (Å²) in [6.07, 6.45) is 0. The number of H-pyrrole nitrogens is 1. The van der Waals surface area contributed by atoms with Crippen LogP contribution in [0.4, 0.5) is 4.39 Å². The Bertz CT molecular complexity index is 934. The van der Waals surface area contributed by atoms with Crippen molar-refractivity contribution < 1.29 is 12.8 Å². The average Bonchev–Trinajstić information content (AvgIpc) is 2.56. The van der Waals surface area contributed by atoms with Crippen molar-refractivity contribution >= 4 is 21.1 Å². The Morgan fingerprint density at radius 1 is 1.20 bits per heavy atom. The van der Waals surface area contributed by atoms with Crippen molar-refractivity contribution in [3.05, 3.63) is 46.0 Å². The Balaban J connectivity index is 1.74. The van der Waals surface area contributed by atoms with Crippen molar-refractivity contribution in [3.8, 4) is 0 Å². The Kier molecular flexibility index (Phi) is 4.92. The summed E-state index contributed by atoms with van der Waals surface area (Å²) in [5.41, 5.74) is 0.599. The summed E-state index contributed by atoms with van der Waals surface area (Å²) in [6.45, 7) is 2.30. The van der Waals surface area contributed by atoms with Crippen molar-refractivity contribution in [2.24, 2.45) is 0 Å². The first-order valence-corrected chi connectivity index (χ1v) is 9.39. The molecule has 7 nitrogen and oxygen atoms in total. The lowest BCUT2D eigenvalue weighted by Crippen LogP contribution is -2.51. The lowest BCUT2D eigenvalue weighted by atomic mass is 10.2. The number of fused-ring (bicyclic) bond motifs is 1. The SMILES string of the molecule is CN(C)S(=O)(=O)N1CCN(Cc2cc(=O)c3cccc(F)c3[nH]2)CC1. The van der Waals surface area contributed by atoms with Crippen LogP contribution in [0, 0.1) is 5.82 Å². The summed E-state index contributed by atoms with van der Waals surface area (Å²) >= 11 is 0. The molecule has 1 fully saturated rings. The highest BCUT2D eigenvalue weighted by Crippen LogP contribution is 2.15. The first-order valence-electron chi connectivity index (χ1n) is 7.99. The molecule has 0 saturated carbocycles. The molecule has 136 valence electrons. The first-order chi connectivity index (χ1) is 11.8. The molecule has 1 aromatic carbocycles. The number of benzene rings is 1. The van der Waals surface area contributed by atoms with Crippen LogP contribution in [0.1, 0.15) is 5.69 Å². The minimum Gasteiger partial charge on any atom is -0.355 e. The van der Waals surface area contributed by atoms with E-state index in [1.165, 1.54) is 40.9 Å². The highest BCUT2D eigenvalue weighted by Gasteiger charge is 2.28. The molecule has 2 heterocycles. The fourth-order valence-electron chi connectivity index (χ4n) is 2.96. The molecule has 1 aliphatic rings. The van der Waals surface area contributed by atoms with Gasteiger partial charge in [-0.1, -0.05) is 6.07 Å². The molecule has 0 aliphatic carbocycles. The van der Waals surface area contributed by atoms with Crippen LogP contribution >= 0.6 is 0 Å². The summed E-state index contributed by atoms with van der Waals surface area (Å²) in [6, 6.07) is 5.89. The van der Waals surface area contributed by atoms with Gasteiger partial charge >= 0.3 is 0 Å². The summed E-state index contributed by atoms with van der Waals surface area (Å²) < 4.78 is 40.8. The van der Waals surface area contributed by atoms with E-state index in [4.69, 9.17) is 0 Å². The minimum absolute atomic E-state index is 0.207. The van der Waals surface area contributed by atoms with Gasteiger partial charge in [-0.05, 0) is 12.1 Å².